The number of rotatable bonds is 4. The third-order valence-corrected chi connectivity index (χ3v) is 3.40. The molecular formula is C15H14O2S. The minimum atomic E-state index is -0.0380. The molecule has 0 aliphatic heterocycles. The van der Waals surface area contributed by atoms with Crippen LogP contribution in [-0.4, -0.2) is 12.9 Å². The topological polar surface area (TPSA) is 26.3 Å². The number of aryl methyl sites for hydroxylation is 1. The summed E-state index contributed by atoms with van der Waals surface area (Å²) in [5, 5.41) is 1.98. The SMILES string of the molecule is COc1ccc(C)cc1C(=O)C=Cc1cccs1. The molecule has 3 heteroatoms. The van der Waals surface area contributed by atoms with Crippen molar-refractivity contribution >= 4 is 23.2 Å². The summed E-state index contributed by atoms with van der Waals surface area (Å²) in [6, 6.07) is 9.53. The first-order valence-electron chi connectivity index (χ1n) is 5.61. The fourth-order valence-electron chi connectivity index (χ4n) is 1.65. The molecular weight excluding hydrogens is 244 g/mol. The summed E-state index contributed by atoms with van der Waals surface area (Å²) in [6.45, 7) is 1.96. The van der Waals surface area contributed by atoms with E-state index in [9.17, 15) is 4.79 Å². The second-order valence-corrected chi connectivity index (χ2v) is 4.90. The summed E-state index contributed by atoms with van der Waals surface area (Å²) in [7, 11) is 1.57. The van der Waals surface area contributed by atoms with Gasteiger partial charge in [0.05, 0.1) is 12.7 Å². The third-order valence-electron chi connectivity index (χ3n) is 2.56. The zero-order chi connectivity index (χ0) is 13.0. The molecule has 1 aromatic carbocycles. The summed E-state index contributed by atoms with van der Waals surface area (Å²) in [6.07, 6.45) is 3.41. The van der Waals surface area contributed by atoms with Gasteiger partial charge in [0.25, 0.3) is 0 Å². The molecule has 2 nitrogen and oxygen atoms in total. The van der Waals surface area contributed by atoms with E-state index >= 15 is 0 Å². The number of hydrogen-bond donors (Lipinski definition) is 0. The number of allylic oxidation sites excluding steroid dienone is 1. The van der Waals surface area contributed by atoms with E-state index in [0.29, 0.717) is 11.3 Å². The van der Waals surface area contributed by atoms with Crippen LogP contribution in [0.1, 0.15) is 20.8 Å². The molecule has 1 heterocycles. The lowest BCUT2D eigenvalue weighted by molar-refractivity contribution is 0.104. The molecule has 0 saturated heterocycles. The second-order valence-electron chi connectivity index (χ2n) is 3.92. The summed E-state index contributed by atoms with van der Waals surface area (Å²) >= 11 is 1.60. The highest BCUT2D eigenvalue weighted by molar-refractivity contribution is 7.10. The number of hydrogen-bond acceptors (Lipinski definition) is 3. The maximum Gasteiger partial charge on any atom is 0.189 e. The molecule has 0 atom stereocenters. The van der Waals surface area contributed by atoms with Crippen molar-refractivity contribution in [2.75, 3.05) is 7.11 Å². The van der Waals surface area contributed by atoms with Gasteiger partial charge in [0.2, 0.25) is 0 Å². The fraction of sp³-hybridized carbons (Fsp3) is 0.133. The highest BCUT2D eigenvalue weighted by Crippen LogP contribution is 2.21. The molecule has 0 fully saturated rings. The van der Waals surface area contributed by atoms with Crippen LogP contribution >= 0.6 is 11.3 Å². The first-order chi connectivity index (χ1) is 8.70. The number of carbonyl (C=O) groups is 1. The van der Waals surface area contributed by atoms with Crippen molar-refractivity contribution in [2.24, 2.45) is 0 Å². The minimum Gasteiger partial charge on any atom is -0.496 e. The quantitative estimate of drug-likeness (QED) is 0.613. The molecule has 2 aromatic rings. The lowest BCUT2D eigenvalue weighted by Crippen LogP contribution is -1.99. The second kappa shape index (κ2) is 5.65. The van der Waals surface area contributed by atoms with Crippen LogP contribution in [0, 0.1) is 6.92 Å². The predicted molar refractivity (Wildman–Crippen MR) is 75.4 cm³/mol. The van der Waals surface area contributed by atoms with Crippen LogP contribution in [0.3, 0.4) is 0 Å². The Morgan fingerprint density at radius 1 is 1.33 bits per heavy atom. The van der Waals surface area contributed by atoms with Gasteiger partial charge in [-0.2, -0.15) is 0 Å². The van der Waals surface area contributed by atoms with Gasteiger partial charge in [0, 0.05) is 4.88 Å². The molecule has 1 aromatic heterocycles. The van der Waals surface area contributed by atoms with Crippen LogP contribution in [0.5, 0.6) is 5.75 Å². The van der Waals surface area contributed by atoms with E-state index in [-0.39, 0.29) is 5.78 Å². The van der Waals surface area contributed by atoms with Crippen molar-refractivity contribution < 1.29 is 9.53 Å². The van der Waals surface area contributed by atoms with Gasteiger partial charge in [-0.3, -0.25) is 4.79 Å². The van der Waals surface area contributed by atoms with Crippen LogP contribution < -0.4 is 4.74 Å². The Hall–Kier alpha value is -1.87. The van der Waals surface area contributed by atoms with Crippen LogP contribution in [0.2, 0.25) is 0 Å². The molecule has 0 spiro atoms. The average Bonchev–Trinajstić information content (AvgIpc) is 2.89. The zero-order valence-electron chi connectivity index (χ0n) is 10.3. The van der Waals surface area contributed by atoms with Gasteiger partial charge in [-0.1, -0.05) is 17.7 Å². The molecule has 0 radical (unpaired) electrons. The van der Waals surface area contributed by atoms with Gasteiger partial charge in [0.15, 0.2) is 5.78 Å². The third kappa shape index (κ3) is 2.87. The highest BCUT2D eigenvalue weighted by atomic mass is 32.1. The Kier molecular flexibility index (Phi) is 3.95. The van der Waals surface area contributed by atoms with Gasteiger partial charge < -0.3 is 4.74 Å². The number of benzene rings is 1. The smallest absolute Gasteiger partial charge is 0.189 e. The van der Waals surface area contributed by atoms with Crippen LogP contribution in [0.15, 0.2) is 41.8 Å². The van der Waals surface area contributed by atoms with E-state index in [1.54, 1.807) is 24.5 Å². The molecule has 0 unspecified atom stereocenters. The number of carbonyl (C=O) groups excluding carboxylic acids is 1. The minimum absolute atomic E-state index is 0.0380. The van der Waals surface area contributed by atoms with E-state index in [1.807, 2.05) is 48.7 Å². The Morgan fingerprint density at radius 2 is 2.17 bits per heavy atom. The normalized spacial score (nSPS) is 10.8. The first-order valence-corrected chi connectivity index (χ1v) is 6.49. The molecule has 0 N–H and O–H groups in total. The number of ketones is 1. The summed E-state index contributed by atoms with van der Waals surface area (Å²) in [4.78, 5) is 13.2. The van der Waals surface area contributed by atoms with Crippen molar-refractivity contribution in [1.82, 2.24) is 0 Å². The van der Waals surface area contributed by atoms with Crippen LogP contribution in [0.4, 0.5) is 0 Å². The Labute approximate surface area is 111 Å². The van der Waals surface area contributed by atoms with Crippen molar-refractivity contribution in [3.8, 4) is 5.75 Å². The largest absolute Gasteiger partial charge is 0.496 e. The number of thiophene rings is 1. The lowest BCUT2D eigenvalue weighted by Gasteiger charge is -2.06. The van der Waals surface area contributed by atoms with E-state index in [1.165, 1.54) is 0 Å². The highest BCUT2D eigenvalue weighted by Gasteiger charge is 2.09. The maximum atomic E-state index is 12.1. The first kappa shape index (κ1) is 12.6. The van der Waals surface area contributed by atoms with Gasteiger partial charge in [-0.05, 0) is 42.7 Å². The summed E-state index contributed by atoms with van der Waals surface area (Å²) in [5.74, 6) is 0.574. The number of ether oxygens (including phenoxy) is 1. The molecule has 18 heavy (non-hydrogen) atoms. The molecule has 92 valence electrons. The summed E-state index contributed by atoms with van der Waals surface area (Å²) < 4.78 is 5.21. The van der Waals surface area contributed by atoms with E-state index in [2.05, 4.69) is 0 Å². The predicted octanol–water partition coefficient (Wildman–Crippen LogP) is 3.96. The molecule has 0 saturated carbocycles. The van der Waals surface area contributed by atoms with Crippen molar-refractivity contribution in [3.05, 3.63) is 57.8 Å². The van der Waals surface area contributed by atoms with Crippen LogP contribution in [-0.2, 0) is 0 Å². The van der Waals surface area contributed by atoms with Gasteiger partial charge in [0.1, 0.15) is 5.75 Å². The molecule has 0 aliphatic carbocycles. The standard InChI is InChI=1S/C15H14O2S/c1-11-5-8-15(17-2)13(10-11)14(16)7-6-12-4-3-9-18-12/h3-10H,1-2H3. The van der Waals surface area contributed by atoms with E-state index in [4.69, 9.17) is 4.74 Å². The average molecular weight is 258 g/mol. The van der Waals surface area contributed by atoms with Crippen LogP contribution in [0.25, 0.3) is 6.08 Å². The monoisotopic (exact) mass is 258 g/mol. The number of methoxy groups -OCH3 is 1. The van der Waals surface area contributed by atoms with Gasteiger partial charge in [-0.15, -0.1) is 11.3 Å². The molecule has 0 aliphatic rings. The lowest BCUT2D eigenvalue weighted by atomic mass is 10.1. The summed E-state index contributed by atoms with van der Waals surface area (Å²) in [5.41, 5.74) is 1.65. The van der Waals surface area contributed by atoms with Gasteiger partial charge in [-0.25, -0.2) is 0 Å². The van der Waals surface area contributed by atoms with Crippen molar-refractivity contribution in [3.63, 3.8) is 0 Å². The van der Waals surface area contributed by atoms with Crippen molar-refractivity contribution in [2.45, 2.75) is 6.92 Å². The Balaban J connectivity index is 2.26. The van der Waals surface area contributed by atoms with Crippen molar-refractivity contribution in [1.29, 1.82) is 0 Å². The fourth-order valence-corrected chi connectivity index (χ4v) is 2.27. The zero-order valence-corrected chi connectivity index (χ0v) is 11.2. The Bertz CT molecular complexity index is 568. The van der Waals surface area contributed by atoms with Gasteiger partial charge >= 0.3 is 0 Å². The van der Waals surface area contributed by atoms with E-state index in [0.717, 1.165) is 10.4 Å². The molecule has 0 bridgehead atoms. The maximum absolute atomic E-state index is 12.1. The van der Waals surface area contributed by atoms with E-state index < -0.39 is 0 Å². The molecule has 2 rings (SSSR count). The Morgan fingerprint density at radius 3 is 2.83 bits per heavy atom. The molecule has 0 amide bonds.